The maximum Gasteiger partial charge on any atom is 0.338 e. The number of sulfonamides is 1. The first-order valence-corrected chi connectivity index (χ1v) is 17.4. The normalized spacial score (nSPS) is 16.3. The highest BCUT2D eigenvalue weighted by atomic mass is 35.5. The lowest BCUT2D eigenvalue weighted by Crippen LogP contribution is -2.38. The maximum absolute atomic E-state index is 15.0. The van der Waals surface area contributed by atoms with Crippen LogP contribution < -0.4 is 0 Å². The van der Waals surface area contributed by atoms with E-state index >= 15 is 0 Å². The minimum Gasteiger partial charge on any atom is -0.478 e. The van der Waals surface area contributed by atoms with Crippen molar-refractivity contribution in [1.82, 2.24) is 14.1 Å². The van der Waals surface area contributed by atoms with Gasteiger partial charge < -0.3 is 5.11 Å². The summed E-state index contributed by atoms with van der Waals surface area (Å²) < 4.78 is 45.3. The summed E-state index contributed by atoms with van der Waals surface area (Å²) in [6, 6.07) is 25.8. The molecule has 1 aliphatic heterocycles. The van der Waals surface area contributed by atoms with Crippen LogP contribution >= 0.6 is 23.2 Å². The van der Waals surface area contributed by atoms with Gasteiger partial charge in [0.2, 0.25) is 10.0 Å². The van der Waals surface area contributed by atoms with Crippen LogP contribution in [0.3, 0.4) is 0 Å². The van der Waals surface area contributed by atoms with Crippen LogP contribution in [0.4, 0.5) is 4.39 Å². The van der Waals surface area contributed by atoms with Crippen LogP contribution in [0.25, 0.3) is 10.9 Å². The highest BCUT2D eigenvalue weighted by Gasteiger charge is 2.37. The van der Waals surface area contributed by atoms with Crippen LogP contribution in [0.5, 0.6) is 0 Å². The Morgan fingerprint density at radius 2 is 1.43 bits per heavy atom. The molecule has 236 valence electrons. The molecule has 0 amide bonds. The second kappa shape index (κ2) is 12.1. The predicted molar refractivity (Wildman–Crippen MR) is 176 cm³/mol. The van der Waals surface area contributed by atoms with E-state index in [1.165, 1.54) is 10.4 Å². The number of halogens is 3. The largest absolute Gasteiger partial charge is 0.478 e. The van der Waals surface area contributed by atoms with Gasteiger partial charge in [0.15, 0.2) is 5.82 Å². The van der Waals surface area contributed by atoms with E-state index < -0.39 is 32.3 Å². The molecule has 1 aliphatic carbocycles. The Hall–Kier alpha value is -3.76. The van der Waals surface area contributed by atoms with Gasteiger partial charge in [-0.05, 0) is 90.9 Å². The zero-order chi connectivity index (χ0) is 32.2. The summed E-state index contributed by atoms with van der Waals surface area (Å²) in [5, 5.41) is 16.7. The van der Waals surface area contributed by atoms with Gasteiger partial charge in [0, 0.05) is 46.1 Å². The summed E-state index contributed by atoms with van der Waals surface area (Å²) in [7, 11) is -4.23. The van der Waals surface area contributed by atoms with Gasteiger partial charge in [-0.25, -0.2) is 17.6 Å². The third-order valence-electron chi connectivity index (χ3n) is 9.04. The van der Waals surface area contributed by atoms with Gasteiger partial charge in [0.05, 0.1) is 17.1 Å². The van der Waals surface area contributed by atoms with Crippen LogP contribution in [0.1, 0.15) is 76.3 Å². The van der Waals surface area contributed by atoms with Gasteiger partial charge in [-0.1, -0.05) is 59.6 Å². The molecular weight excluding hydrogens is 648 g/mol. The second-order valence-electron chi connectivity index (χ2n) is 12.0. The van der Waals surface area contributed by atoms with Gasteiger partial charge in [-0.2, -0.15) is 9.40 Å². The van der Waals surface area contributed by atoms with Crippen LogP contribution in [0.2, 0.25) is 10.0 Å². The number of carboxylic acids is 1. The summed E-state index contributed by atoms with van der Waals surface area (Å²) in [6.07, 6.45) is 3.13. The Kier molecular flexibility index (Phi) is 8.13. The first-order valence-electron chi connectivity index (χ1n) is 15.2. The van der Waals surface area contributed by atoms with E-state index in [0.717, 1.165) is 58.3 Å². The number of aromatic nitrogens is 2. The number of piperidine rings is 1. The zero-order valence-electron chi connectivity index (χ0n) is 24.6. The number of hydrogen-bond acceptors (Lipinski definition) is 4. The number of carbonyl (C=O) groups is 1. The average molecular weight is 679 g/mol. The quantitative estimate of drug-likeness (QED) is 0.167. The fourth-order valence-corrected chi connectivity index (χ4v) is 8.40. The standard InChI is InChI=1S/C35H30Cl2FN3O4S/c36-25-9-4-21(5-10-25)32(22-6-11-26(37)12-7-22)24-8-15-30-29(20-24)34(41(39-30)27-13-14-27)23-16-18-40(19-17-23)46(44,45)31-3-1-2-28(33(31)38)35(42)43/h1-12,15,20,23,27,32H,13-14,16-19H2,(H,42,43). The van der Waals surface area contributed by atoms with E-state index in [4.69, 9.17) is 28.3 Å². The lowest BCUT2D eigenvalue weighted by atomic mass is 9.84. The molecule has 0 atom stereocenters. The van der Waals surface area contributed by atoms with E-state index in [9.17, 15) is 22.7 Å². The molecule has 1 saturated heterocycles. The lowest BCUT2D eigenvalue weighted by Gasteiger charge is -2.32. The Labute approximate surface area is 276 Å². The molecule has 2 fully saturated rings. The fourth-order valence-electron chi connectivity index (χ4n) is 6.60. The molecule has 0 radical (unpaired) electrons. The maximum atomic E-state index is 15.0. The van der Waals surface area contributed by atoms with Gasteiger partial charge in [-0.3, -0.25) is 4.68 Å². The highest BCUT2D eigenvalue weighted by Crippen LogP contribution is 2.44. The monoisotopic (exact) mass is 677 g/mol. The van der Waals surface area contributed by atoms with Crippen LogP contribution in [0, 0.1) is 5.82 Å². The third-order valence-corrected chi connectivity index (χ3v) is 11.5. The molecule has 5 aromatic rings. The Bertz CT molecular complexity index is 2010. The van der Waals surface area contributed by atoms with Gasteiger partial charge >= 0.3 is 5.97 Å². The first kappa shape index (κ1) is 30.9. The topological polar surface area (TPSA) is 92.5 Å². The molecule has 11 heteroatoms. The van der Waals surface area contributed by atoms with E-state index in [2.05, 4.69) is 22.9 Å². The highest BCUT2D eigenvalue weighted by molar-refractivity contribution is 7.89. The van der Waals surface area contributed by atoms with Crippen molar-refractivity contribution in [1.29, 1.82) is 0 Å². The van der Waals surface area contributed by atoms with Crippen LogP contribution in [0.15, 0.2) is 89.8 Å². The minimum absolute atomic E-state index is 0.0343. The number of benzene rings is 4. The second-order valence-corrected chi connectivity index (χ2v) is 14.8. The molecule has 2 aliphatic rings. The minimum atomic E-state index is -4.23. The van der Waals surface area contributed by atoms with E-state index in [1.54, 1.807) is 0 Å². The average Bonchev–Trinajstić information content (AvgIpc) is 3.83. The van der Waals surface area contributed by atoms with Crippen molar-refractivity contribution in [2.45, 2.75) is 48.5 Å². The molecule has 1 N–H and O–H groups in total. The first-order chi connectivity index (χ1) is 22.1. The summed E-state index contributed by atoms with van der Waals surface area (Å²) in [6.45, 7) is 0.359. The Morgan fingerprint density at radius 1 is 0.848 bits per heavy atom. The van der Waals surface area contributed by atoms with Crippen molar-refractivity contribution in [3.8, 4) is 0 Å². The van der Waals surface area contributed by atoms with Crippen molar-refractivity contribution < 1.29 is 22.7 Å². The van der Waals surface area contributed by atoms with Gasteiger partial charge in [0.25, 0.3) is 0 Å². The summed E-state index contributed by atoms with van der Waals surface area (Å²) in [4.78, 5) is 10.8. The Morgan fingerprint density at radius 3 is 2.00 bits per heavy atom. The van der Waals surface area contributed by atoms with Gasteiger partial charge in [0.1, 0.15) is 4.90 Å². The van der Waals surface area contributed by atoms with E-state index in [0.29, 0.717) is 28.9 Å². The van der Waals surface area contributed by atoms with Crippen molar-refractivity contribution in [2.75, 3.05) is 13.1 Å². The molecule has 2 heterocycles. The smallest absolute Gasteiger partial charge is 0.338 e. The predicted octanol–water partition coefficient (Wildman–Crippen LogP) is 8.26. The van der Waals surface area contributed by atoms with Crippen LogP contribution in [-0.2, 0) is 10.0 Å². The van der Waals surface area contributed by atoms with Crippen molar-refractivity contribution >= 4 is 50.1 Å². The summed E-state index contributed by atoms with van der Waals surface area (Å²) in [5.41, 5.74) is 4.57. The number of fused-ring (bicyclic) bond motifs is 1. The summed E-state index contributed by atoms with van der Waals surface area (Å²) >= 11 is 12.5. The Balaban J connectivity index is 1.24. The number of aromatic carboxylic acids is 1. The molecule has 46 heavy (non-hydrogen) atoms. The zero-order valence-corrected chi connectivity index (χ0v) is 26.9. The number of rotatable bonds is 8. The molecule has 0 bridgehead atoms. The number of nitrogens with zero attached hydrogens (tertiary/aromatic N) is 3. The molecule has 4 aromatic carbocycles. The lowest BCUT2D eigenvalue weighted by molar-refractivity contribution is 0.0691. The van der Waals surface area contributed by atoms with Crippen molar-refractivity contribution in [3.63, 3.8) is 0 Å². The van der Waals surface area contributed by atoms with E-state index in [1.807, 2.05) is 48.5 Å². The number of hydrogen-bond donors (Lipinski definition) is 1. The number of carboxylic acid groups (broad SMARTS) is 1. The molecule has 7 nitrogen and oxygen atoms in total. The molecule has 1 saturated carbocycles. The molecule has 0 unspecified atom stereocenters. The van der Waals surface area contributed by atoms with E-state index in [-0.39, 0.29) is 24.9 Å². The van der Waals surface area contributed by atoms with Crippen LogP contribution in [-0.4, -0.2) is 46.7 Å². The van der Waals surface area contributed by atoms with Crippen molar-refractivity contribution in [2.24, 2.45) is 0 Å². The fraction of sp³-hybridized carbons (Fsp3) is 0.257. The molecule has 1 aromatic heterocycles. The molecule has 0 spiro atoms. The molecule has 7 rings (SSSR count). The summed E-state index contributed by atoms with van der Waals surface area (Å²) in [5.74, 6) is -2.80. The molecular formula is C35H30Cl2FN3O4S. The van der Waals surface area contributed by atoms with Crippen molar-refractivity contribution in [3.05, 3.63) is 129 Å². The SMILES string of the molecule is O=C(O)c1cccc(S(=O)(=O)N2CCC(c3c4cc(C(c5ccc(Cl)cc5)c5ccc(Cl)cc5)ccc4nn3C3CC3)CC2)c1F. The third kappa shape index (κ3) is 5.70. The van der Waals surface area contributed by atoms with Gasteiger partial charge in [-0.15, -0.1) is 0 Å².